The van der Waals surface area contributed by atoms with Gasteiger partial charge in [0.25, 0.3) is 5.92 Å². The topological polar surface area (TPSA) is 55.1 Å². The number of carbonyl (C=O) groups is 1. The molecule has 0 bridgehead atoms. The number of benzene rings is 1. The van der Waals surface area contributed by atoms with Gasteiger partial charge in [-0.05, 0) is 30.5 Å². The number of alkyl halides is 2. The summed E-state index contributed by atoms with van der Waals surface area (Å²) in [7, 11) is 0. The molecule has 0 saturated heterocycles. The largest absolute Gasteiger partial charge is 0.349 e. The van der Waals surface area contributed by atoms with Gasteiger partial charge in [-0.15, -0.1) is 0 Å². The average molecular weight is 289 g/mol. The molecule has 1 amide bonds. The molecule has 0 heterocycles. The highest BCUT2D eigenvalue weighted by atomic mass is 35.5. The minimum absolute atomic E-state index is 0.372. The zero-order chi connectivity index (χ0) is 14.1. The second-order valence-electron chi connectivity index (χ2n) is 4.83. The fourth-order valence-electron chi connectivity index (χ4n) is 1.99. The minimum Gasteiger partial charge on any atom is -0.349 e. The molecule has 1 aromatic carbocycles. The molecule has 3 N–H and O–H groups in total. The first-order chi connectivity index (χ1) is 8.89. The van der Waals surface area contributed by atoms with Gasteiger partial charge in [-0.1, -0.05) is 23.7 Å². The monoisotopic (exact) mass is 288 g/mol. The van der Waals surface area contributed by atoms with Gasteiger partial charge in [-0.25, -0.2) is 8.78 Å². The van der Waals surface area contributed by atoms with E-state index in [0.717, 1.165) is 5.56 Å². The fraction of sp³-hybridized carbons (Fsp3) is 0.462. The molecule has 1 fully saturated rings. The molecule has 0 radical (unpaired) electrons. The predicted molar refractivity (Wildman–Crippen MR) is 69.4 cm³/mol. The molecular weight excluding hydrogens is 274 g/mol. The van der Waals surface area contributed by atoms with Crippen molar-refractivity contribution in [1.29, 1.82) is 0 Å². The van der Waals surface area contributed by atoms with Gasteiger partial charge in [0.1, 0.15) is 0 Å². The van der Waals surface area contributed by atoms with Crippen LogP contribution in [-0.4, -0.2) is 24.9 Å². The molecule has 104 valence electrons. The van der Waals surface area contributed by atoms with Crippen LogP contribution in [0.4, 0.5) is 8.78 Å². The minimum atomic E-state index is -3.06. The van der Waals surface area contributed by atoms with E-state index in [9.17, 15) is 13.6 Å². The summed E-state index contributed by atoms with van der Waals surface area (Å²) in [6.45, 7) is -1.50. The standard InChI is InChI=1S/C13H15ClF2N2O/c14-10-3-1-9(2-4-10)12(5-6-12)11(19)18-8-13(15,16)7-17/h1-4H,5-8,17H2,(H,18,19). The normalized spacial score (nSPS) is 17.1. The second kappa shape index (κ2) is 5.06. The van der Waals surface area contributed by atoms with Gasteiger partial charge in [0.15, 0.2) is 0 Å². The third-order valence-corrected chi connectivity index (χ3v) is 3.64. The maximum Gasteiger partial charge on any atom is 0.277 e. The first-order valence-electron chi connectivity index (χ1n) is 6.02. The number of amides is 1. The number of hydrogen-bond acceptors (Lipinski definition) is 2. The predicted octanol–water partition coefficient (Wildman–Crippen LogP) is 2.08. The van der Waals surface area contributed by atoms with Crippen molar-refractivity contribution in [3.8, 4) is 0 Å². The van der Waals surface area contributed by atoms with E-state index in [1.54, 1.807) is 24.3 Å². The zero-order valence-corrected chi connectivity index (χ0v) is 11.0. The Morgan fingerprint density at radius 2 is 1.95 bits per heavy atom. The van der Waals surface area contributed by atoms with Crippen molar-refractivity contribution in [3.63, 3.8) is 0 Å². The van der Waals surface area contributed by atoms with Gasteiger partial charge in [0.05, 0.1) is 18.5 Å². The Kier molecular flexibility index (Phi) is 3.78. The molecule has 1 saturated carbocycles. The van der Waals surface area contributed by atoms with Crippen molar-refractivity contribution in [2.75, 3.05) is 13.1 Å². The summed E-state index contributed by atoms with van der Waals surface area (Å²) in [5.41, 5.74) is 5.07. The van der Waals surface area contributed by atoms with Crippen molar-refractivity contribution in [2.24, 2.45) is 5.73 Å². The van der Waals surface area contributed by atoms with Crippen LogP contribution in [0.25, 0.3) is 0 Å². The van der Waals surface area contributed by atoms with E-state index in [4.69, 9.17) is 17.3 Å². The van der Waals surface area contributed by atoms with E-state index in [2.05, 4.69) is 5.32 Å². The van der Waals surface area contributed by atoms with Crippen molar-refractivity contribution < 1.29 is 13.6 Å². The molecule has 1 aromatic rings. The number of nitrogens with two attached hydrogens (primary N) is 1. The summed E-state index contributed by atoms with van der Waals surface area (Å²) < 4.78 is 26.0. The Bertz CT molecular complexity index is 472. The number of hydrogen-bond donors (Lipinski definition) is 2. The molecular formula is C13H15ClF2N2O. The van der Waals surface area contributed by atoms with Crippen LogP contribution in [0.1, 0.15) is 18.4 Å². The highest BCUT2D eigenvalue weighted by Crippen LogP contribution is 2.48. The smallest absolute Gasteiger partial charge is 0.277 e. The number of nitrogens with one attached hydrogen (secondary N) is 1. The van der Waals surface area contributed by atoms with E-state index >= 15 is 0 Å². The van der Waals surface area contributed by atoms with Gasteiger partial charge in [-0.2, -0.15) is 0 Å². The van der Waals surface area contributed by atoms with Gasteiger partial charge in [0, 0.05) is 5.02 Å². The van der Waals surface area contributed by atoms with E-state index < -0.39 is 24.4 Å². The SMILES string of the molecule is NCC(F)(F)CNC(=O)C1(c2ccc(Cl)cc2)CC1. The molecule has 0 unspecified atom stereocenters. The summed E-state index contributed by atoms with van der Waals surface area (Å²) in [6.07, 6.45) is 1.32. The third kappa shape index (κ3) is 3.04. The van der Waals surface area contributed by atoms with E-state index in [1.807, 2.05) is 0 Å². The Morgan fingerprint density at radius 1 is 1.37 bits per heavy atom. The van der Waals surface area contributed by atoms with E-state index in [-0.39, 0.29) is 5.91 Å². The van der Waals surface area contributed by atoms with Crippen molar-refractivity contribution in [2.45, 2.75) is 24.2 Å². The Hall–Kier alpha value is -1.20. The first-order valence-corrected chi connectivity index (χ1v) is 6.40. The molecule has 2 rings (SSSR count). The first kappa shape index (κ1) is 14.2. The number of halogens is 3. The molecule has 0 atom stereocenters. The third-order valence-electron chi connectivity index (χ3n) is 3.39. The Balaban J connectivity index is 2.04. The Morgan fingerprint density at radius 3 is 2.42 bits per heavy atom. The van der Waals surface area contributed by atoms with Gasteiger partial charge < -0.3 is 11.1 Å². The molecule has 0 aliphatic heterocycles. The van der Waals surface area contributed by atoms with Gasteiger partial charge in [-0.3, -0.25) is 4.79 Å². The van der Waals surface area contributed by atoms with Crippen molar-refractivity contribution in [3.05, 3.63) is 34.9 Å². The van der Waals surface area contributed by atoms with Crippen LogP contribution < -0.4 is 11.1 Å². The highest BCUT2D eigenvalue weighted by Gasteiger charge is 2.51. The molecule has 3 nitrogen and oxygen atoms in total. The summed E-state index contributed by atoms with van der Waals surface area (Å²) in [4.78, 5) is 12.1. The summed E-state index contributed by atoms with van der Waals surface area (Å²) in [5.74, 6) is -3.44. The highest BCUT2D eigenvalue weighted by molar-refractivity contribution is 6.30. The Labute approximate surface area is 115 Å². The molecule has 1 aliphatic carbocycles. The quantitative estimate of drug-likeness (QED) is 0.871. The summed E-state index contributed by atoms with van der Waals surface area (Å²) >= 11 is 5.79. The van der Waals surface area contributed by atoms with Crippen LogP contribution in [0.2, 0.25) is 5.02 Å². The van der Waals surface area contributed by atoms with E-state index in [0.29, 0.717) is 17.9 Å². The second-order valence-corrected chi connectivity index (χ2v) is 5.27. The van der Waals surface area contributed by atoms with Crippen LogP contribution in [0, 0.1) is 0 Å². The number of rotatable bonds is 5. The number of carbonyl (C=O) groups excluding carboxylic acids is 1. The zero-order valence-electron chi connectivity index (χ0n) is 10.3. The molecule has 1 aliphatic rings. The fourth-order valence-corrected chi connectivity index (χ4v) is 2.12. The van der Waals surface area contributed by atoms with Crippen LogP contribution in [-0.2, 0) is 10.2 Å². The van der Waals surface area contributed by atoms with E-state index in [1.165, 1.54) is 0 Å². The van der Waals surface area contributed by atoms with Gasteiger partial charge >= 0.3 is 0 Å². The molecule has 0 aromatic heterocycles. The maximum absolute atomic E-state index is 13.0. The summed E-state index contributed by atoms with van der Waals surface area (Å²) in [5, 5.41) is 2.87. The maximum atomic E-state index is 13.0. The van der Waals surface area contributed by atoms with Gasteiger partial charge in [0.2, 0.25) is 5.91 Å². The molecule has 6 heteroatoms. The van der Waals surface area contributed by atoms with Crippen molar-refractivity contribution in [1.82, 2.24) is 5.32 Å². The lowest BCUT2D eigenvalue weighted by molar-refractivity contribution is -0.125. The van der Waals surface area contributed by atoms with Crippen LogP contribution in [0.5, 0.6) is 0 Å². The lowest BCUT2D eigenvalue weighted by atomic mass is 9.95. The molecule has 0 spiro atoms. The average Bonchev–Trinajstić information content (AvgIpc) is 3.18. The summed E-state index contributed by atoms with van der Waals surface area (Å²) in [6, 6.07) is 6.91. The lowest BCUT2D eigenvalue weighted by Gasteiger charge is -2.19. The van der Waals surface area contributed by atoms with Crippen LogP contribution in [0.15, 0.2) is 24.3 Å². The van der Waals surface area contributed by atoms with Crippen LogP contribution in [0.3, 0.4) is 0 Å². The van der Waals surface area contributed by atoms with Crippen LogP contribution >= 0.6 is 11.6 Å². The molecule has 19 heavy (non-hydrogen) atoms. The lowest BCUT2D eigenvalue weighted by Crippen LogP contribution is -2.45. The van der Waals surface area contributed by atoms with Crippen molar-refractivity contribution >= 4 is 17.5 Å².